The molecule has 1 aliphatic rings. The van der Waals surface area contributed by atoms with Crippen LogP contribution in [0.5, 0.6) is 0 Å². The Morgan fingerprint density at radius 1 is 1.43 bits per heavy atom. The van der Waals surface area contributed by atoms with Crippen LogP contribution in [0.4, 0.5) is 11.6 Å². The molecule has 0 radical (unpaired) electrons. The normalized spacial score (nSPS) is 19.1. The molecular formula is C16H28N4O. The highest BCUT2D eigenvalue weighted by atomic mass is 16.3. The van der Waals surface area contributed by atoms with Gasteiger partial charge in [0, 0.05) is 38.2 Å². The first-order valence-electron chi connectivity index (χ1n) is 8.12. The number of hydrogen-bond acceptors (Lipinski definition) is 5. The van der Waals surface area contributed by atoms with E-state index in [4.69, 9.17) is 10.1 Å². The first kappa shape index (κ1) is 16.0. The molecule has 0 saturated carbocycles. The van der Waals surface area contributed by atoms with E-state index < -0.39 is 0 Å². The zero-order valence-corrected chi connectivity index (χ0v) is 13.5. The zero-order valence-electron chi connectivity index (χ0n) is 13.5. The van der Waals surface area contributed by atoms with Crippen molar-refractivity contribution in [1.29, 1.82) is 0 Å². The standard InChI is InChI=1S/C16H28N4O/c1-4-17-14-10-15(19-16(18-14)12(2)3)20-8-5-6-13(11-20)7-9-21/h10,12-13,21H,4-9,11H2,1-3H3,(H,17,18,19). The Morgan fingerprint density at radius 3 is 2.90 bits per heavy atom. The van der Waals surface area contributed by atoms with E-state index in [0.717, 1.165) is 43.5 Å². The molecule has 0 aliphatic carbocycles. The highest BCUT2D eigenvalue weighted by Crippen LogP contribution is 2.26. The maximum Gasteiger partial charge on any atom is 0.135 e. The van der Waals surface area contributed by atoms with E-state index in [1.807, 2.05) is 0 Å². The average Bonchev–Trinajstić information content (AvgIpc) is 2.48. The van der Waals surface area contributed by atoms with Crippen molar-refractivity contribution in [3.05, 3.63) is 11.9 Å². The highest BCUT2D eigenvalue weighted by Gasteiger charge is 2.21. The summed E-state index contributed by atoms with van der Waals surface area (Å²) in [5.74, 6) is 3.72. The quantitative estimate of drug-likeness (QED) is 0.844. The third-order valence-electron chi connectivity index (χ3n) is 3.98. The lowest BCUT2D eigenvalue weighted by Gasteiger charge is -2.33. The summed E-state index contributed by atoms with van der Waals surface area (Å²) in [5, 5.41) is 12.5. The number of nitrogens with one attached hydrogen (secondary N) is 1. The van der Waals surface area contributed by atoms with Gasteiger partial charge in [0.15, 0.2) is 0 Å². The van der Waals surface area contributed by atoms with Crippen molar-refractivity contribution < 1.29 is 5.11 Å². The number of nitrogens with zero attached hydrogens (tertiary/aromatic N) is 3. The monoisotopic (exact) mass is 292 g/mol. The lowest BCUT2D eigenvalue weighted by atomic mass is 9.95. The topological polar surface area (TPSA) is 61.3 Å². The molecule has 0 amide bonds. The molecule has 5 heteroatoms. The van der Waals surface area contributed by atoms with E-state index >= 15 is 0 Å². The first-order valence-corrected chi connectivity index (χ1v) is 8.12. The second kappa shape index (κ2) is 7.59. The summed E-state index contributed by atoms with van der Waals surface area (Å²) in [5.41, 5.74) is 0. The van der Waals surface area contributed by atoms with Gasteiger partial charge in [0.25, 0.3) is 0 Å². The van der Waals surface area contributed by atoms with Gasteiger partial charge in [0.2, 0.25) is 0 Å². The van der Waals surface area contributed by atoms with Gasteiger partial charge in [-0.25, -0.2) is 9.97 Å². The Morgan fingerprint density at radius 2 is 2.24 bits per heavy atom. The molecule has 2 heterocycles. The van der Waals surface area contributed by atoms with Crippen molar-refractivity contribution >= 4 is 11.6 Å². The molecule has 1 fully saturated rings. The van der Waals surface area contributed by atoms with Crippen LogP contribution in [-0.2, 0) is 0 Å². The molecule has 1 unspecified atom stereocenters. The van der Waals surface area contributed by atoms with Crippen molar-refractivity contribution in [3.8, 4) is 0 Å². The number of aromatic nitrogens is 2. The van der Waals surface area contributed by atoms with E-state index in [1.54, 1.807) is 0 Å². The van der Waals surface area contributed by atoms with Gasteiger partial charge in [-0.05, 0) is 32.1 Å². The minimum atomic E-state index is 0.280. The van der Waals surface area contributed by atoms with Crippen LogP contribution in [-0.4, -0.2) is 41.3 Å². The largest absolute Gasteiger partial charge is 0.396 e. The van der Waals surface area contributed by atoms with E-state index in [1.165, 1.54) is 12.8 Å². The lowest BCUT2D eigenvalue weighted by molar-refractivity contribution is 0.244. The summed E-state index contributed by atoms with van der Waals surface area (Å²) in [6.07, 6.45) is 3.26. The van der Waals surface area contributed by atoms with Crippen LogP contribution < -0.4 is 10.2 Å². The first-order chi connectivity index (χ1) is 10.1. The van der Waals surface area contributed by atoms with Crippen molar-refractivity contribution in [3.63, 3.8) is 0 Å². The Hall–Kier alpha value is -1.36. The predicted molar refractivity (Wildman–Crippen MR) is 86.9 cm³/mol. The number of rotatable bonds is 6. The van der Waals surface area contributed by atoms with E-state index in [0.29, 0.717) is 11.8 Å². The number of piperidine rings is 1. The molecule has 0 bridgehead atoms. The summed E-state index contributed by atoms with van der Waals surface area (Å²) < 4.78 is 0. The SMILES string of the molecule is CCNc1cc(N2CCCC(CCO)C2)nc(C(C)C)n1. The van der Waals surface area contributed by atoms with Crippen LogP contribution in [0.2, 0.25) is 0 Å². The van der Waals surface area contributed by atoms with Crippen LogP contribution in [0.15, 0.2) is 6.07 Å². The van der Waals surface area contributed by atoms with Crippen molar-refractivity contribution in [2.24, 2.45) is 5.92 Å². The smallest absolute Gasteiger partial charge is 0.135 e. The van der Waals surface area contributed by atoms with Gasteiger partial charge < -0.3 is 15.3 Å². The fourth-order valence-corrected chi connectivity index (χ4v) is 2.84. The fraction of sp³-hybridized carbons (Fsp3) is 0.750. The Kier molecular flexibility index (Phi) is 5.79. The summed E-state index contributed by atoms with van der Waals surface area (Å²) in [6, 6.07) is 2.05. The molecule has 1 saturated heterocycles. The molecule has 2 N–H and O–H groups in total. The fourth-order valence-electron chi connectivity index (χ4n) is 2.84. The Bertz CT molecular complexity index is 448. The third kappa shape index (κ3) is 4.30. The summed E-state index contributed by atoms with van der Waals surface area (Å²) in [7, 11) is 0. The molecule has 1 atom stereocenters. The van der Waals surface area contributed by atoms with E-state index in [2.05, 4.69) is 42.0 Å². The second-order valence-corrected chi connectivity index (χ2v) is 6.12. The molecule has 118 valence electrons. The number of hydrogen-bond donors (Lipinski definition) is 2. The molecule has 1 aromatic rings. The predicted octanol–water partition coefficient (Wildman–Crippen LogP) is 2.63. The Labute approximate surface area is 127 Å². The lowest BCUT2D eigenvalue weighted by Crippen LogP contribution is -2.36. The molecular weight excluding hydrogens is 264 g/mol. The highest BCUT2D eigenvalue weighted by molar-refractivity contribution is 5.50. The molecule has 1 aliphatic heterocycles. The van der Waals surface area contributed by atoms with Crippen molar-refractivity contribution in [1.82, 2.24) is 9.97 Å². The van der Waals surface area contributed by atoms with Crippen LogP contribution in [0.25, 0.3) is 0 Å². The second-order valence-electron chi connectivity index (χ2n) is 6.12. The molecule has 0 aromatic carbocycles. The number of aliphatic hydroxyl groups excluding tert-OH is 1. The van der Waals surface area contributed by atoms with Crippen LogP contribution in [0, 0.1) is 5.92 Å². The summed E-state index contributed by atoms with van der Waals surface area (Å²) >= 11 is 0. The maximum absolute atomic E-state index is 9.15. The average molecular weight is 292 g/mol. The van der Waals surface area contributed by atoms with Gasteiger partial charge in [-0.15, -0.1) is 0 Å². The van der Waals surface area contributed by atoms with Gasteiger partial charge in [0.1, 0.15) is 17.5 Å². The summed E-state index contributed by atoms with van der Waals surface area (Å²) in [6.45, 7) is 9.50. The maximum atomic E-state index is 9.15. The van der Waals surface area contributed by atoms with Crippen molar-refractivity contribution in [2.45, 2.75) is 46.0 Å². The molecule has 5 nitrogen and oxygen atoms in total. The molecule has 1 aromatic heterocycles. The minimum absolute atomic E-state index is 0.280. The zero-order chi connectivity index (χ0) is 15.2. The molecule has 21 heavy (non-hydrogen) atoms. The summed E-state index contributed by atoms with van der Waals surface area (Å²) in [4.78, 5) is 11.7. The van der Waals surface area contributed by atoms with Crippen molar-refractivity contribution in [2.75, 3.05) is 36.5 Å². The van der Waals surface area contributed by atoms with E-state index in [-0.39, 0.29) is 6.61 Å². The van der Waals surface area contributed by atoms with Gasteiger partial charge >= 0.3 is 0 Å². The third-order valence-corrected chi connectivity index (χ3v) is 3.98. The number of aliphatic hydroxyl groups is 1. The van der Waals surface area contributed by atoms with Crippen LogP contribution >= 0.6 is 0 Å². The molecule has 2 rings (SSSR count). The van der Waals surface area contributed by atoms with Gasteiger partial charge in [-0.1, -0.05) is 13.8 Å². The van der Waals surface area contributed by atoms with Gasteiger partial charge in [-0.2, -0.15) is 0 Å². The Balaban J connectivity index is 2.20. The van der Waals surface area contributed by atoms with Crippen LogP contribution in [0.1, 0.15) is 51.8 Å². The van der Waals surface area contributed by atoms with Crippen LogP contribution in [0.3, 0.4) is 0 Å². The molecule has 0 spiro atoms. The minimum Gasteiger partial charge on any atom is -0.396 e. The van der Waals surface area contributed by atoms with Gasteiger partial charge in [0.05, 0.1) is 0 Å². The number of anilines is 2. The van der Waals surface area contributed by atoms with Gasteiger partial charge in [-0.3, -0.25) is 0 Å². The van der Waals surface area contributed by atoms with E-state index in [9.17, 15) is 0 Å².